The number of rotatable bonds is 5. The number of methoxy groups -OCH3 is 1. The minimum atomic E-state index is -0.549. The van der Waals surface area contributed by atoms with Gasteiger partial charge in [0.1, 0.15) is 22.9 Å². The zero-order valence-corrected chi connectivity index (χ0v) is 16.7. The predicted octanol–water partition coefficient (Wildman–Crippen LogP) is 3.11. The van der Waals surface area contributed by atoms with Crippen LogP contribution in [-0.2, 0) is 6.54 Å². The third-order valence-corrected chi connectivity index (χ3v) is 4.69. The number of aryl methyl sites for hydroxylation is 2. The molecule has 9 heteroatoms. The highest BCUT2D eigenvalue weighted by Gasteiger charge is 2.16. The minimum Gasteiger partial charge on any atom is -0.497 e. The van der Waals surface area contributed by atoms with E-state index in [-0.39, 0.29) is 12.1 Å². The van der Waals surface area contributed by atoms with Gasteiger partial charge < -0.3 is 10.1 Å². The summed E-state index contributed by atoms with van der Waals surface area (Å²) in [6, 6.07) is 9.73. The number of fused-ring (bicyclic) bond motifs is 1. The minimum absolute atomic E-state index is 0.0955. The molecule has 30 heavy (non-hydrogen) atoms. The van der Waals surface area contributed by atoms with Gasteiger partial charge in [-0.15, -0.1) is 0 Å². The van der Waals surface area contributed by atoms with Crippen molar-refractivity contribution in [3.63, 3.8) is 0 Å². The fourth-order valence-corrected chi connectivity index (χ4v) is 2.97. The molecule has 0 atom stereocenters. The second-order valence-electron chi connectivity index (χ2n) is 6.73. The molecule has 2 aromatic carbocycles. The summed E-state index contributed by atoms with van der Waals surface area (Å²) < 4.78 is 19.2. The molecule has 0 saturated carbocycles. The molecule has 0 saturated heterocycles. The Kier molecular flexibility index (Phi) is 5.09. The number of nitrogens with one attached hydrogen (secondary N) is 2. The monoisotopic (exact) mass is 406 g/mol. The van der Waals surface area contributed by atoms with E-state index < -0.39 is 11.7 Å². The van der Waals surface area contributed by atoms with Crippen molar-refractivity contribution >= 4 is 16.9 Å². The molecule has 4 rings (SSSR count). The highest BCUT2D eigenvalue weighted by atomic mass is 19.1. The number of aromatic amines is 1. The SMILES string of the molecule is COc1ccc(-c2n[nH]c(CNC(=O)c3cc(F)cc4nc(C)c(C)nc34)n2)cc1. The summed E-state index contributed by atoms with van der Waals surface area (Å²) in [4.78, 5) is 25.8. The normalized spacial score (nSPS) is 10.9. The van der Waals surface area contributed by atoms with E-state index in [4.69, 9.17) is 4.74 Å². The van der Waals surface area contributed by atoms with Gasteiger partial charge in [-0.2, -0.15) is 5.10 Å². The smallest absolute Gasteiger partial charge is 0.254 e. The Balaban J connectivity index is 1.53. The van der Waals surface area contributed by atoms with Crippen molar-refractivity contribution in [3.05, 3.63) is 65.0 Å². The molecule has 0 aliphatic rings. The summed E-state index contributed by atoms with van der Waals surface area (Å²) in [5.74, 6) is 0.673. The van der Waals surface area contributed by atoms with Crippen LogP contribution in [0.3, 0.4) is 0 Å². The van der Waals surface area contributed by atoms with Crippen LogP contribution in [0.2, 0.25) is 0 Å². The van der Waals surface area contributed by atoms with E-state index in [1.54, 1.807) is 21.0 Å². The van der Waals surface area contributed by atoms with E-state index in [9.17, 15) is 9.18 Å². The molecular formula is C21H19FN6O2. The first-order chi connectivity index (χ1) is 14.4. The second-order valence-corrected chi connectivity index (χ2v) is 6.73. The molecule has 0 radical (unpaired) electrons. The first-order valence-electron chi connectivity index (χ1n) is 9.23. The van der Waals surface area contributed by atoms with E-state index in [2.05, 4.69) is 30.5 Å². The van der Waals surface area contributed by atoms with Gasteiger partial charge in [0.25, 0.3) is 5.91 Å². The van der Waals surface area contributed by atoms with Gasteiger partial charge in [0.15, 0.2) is 5.82 Å². The van der Waals surface area contributed by atoms with Crippen LogP contribution in [0.15, 0.2) is 36.4 Å². The molecule has 0 unspecified atom stereocenters. The summed E-state index contributed by atoms with van der Waals surface area (Å²) in [6.45, 7) is 3.68. The molecule has 2 heterocycles. The Morgan fingerprint density at radius 3 is 2.57 bits per heavy atom. The number of carbonyl (C=O) groups excluding carboxylic acids is 1. The van der Waals surface area contributed by atoms with Crippen LogP contribution < -0.4 is 10.1 Å². The van der Waals surface area contributed by atoms with Gasteiger partial charge in [0, 0.05) is 11.6 Å². The molecule has 152 valence electrons. The Morgan fingerprint density at radius 2 is 1.83 bits per heavy atom. The van der Waals surface area contributed by atoms with Gasteiger partial charge in [-0.3, -0.25) is 9.89 Å². The van der Waals surface area contributed by atoms with Crippen LogP contribution in [-0.4, -0.2) is 38.2 Å². The zero-order chi connectivity index (χ0) is 21.3. The van der Waals surface area contributed by atoms with E-state index in [0.717, 1.165) is 17.4 Å². The van der Waals surface area contributed by atoms with Gasteiger partial charge in [-0.05, 0) is 44.2 Å². The van der Waals surface area contributed by atoms with Gasteiger partial charge >= 0.3 is 0 Å². The summed E-state index contributed by atoms with van der Waals surface area (Å²) >= 11 is 0. The number of halogens is 1. The number of amides is 1. The van der Waals surface area contributed by atoms with Crippen molar-refractivity contribution in [2.75, 3.05) is 7.11 Å². The van der Waals surface area contributed by atoms with Gasteiger partial charge in [0.05, 0.1) is 36.1 Å². The molecule has 0 aliphatic heterocycles. The van der Waals surface area contributed by atoms with Crippen LogP contribution in [0.4, 0.5) is 4.39 Å². The van der Waals surface area contributed by atoms with Crippen LogP contribution in [0.1, 0.15) is 27.6 Å². The maximum absolute atomic E-state index is 14.0. The van der Waals surface area contributed by atoms with Crippen molar-refractivity contribution in [2.24, 2.45) is 0 Å². The third kappa shape index (κ3) is 3.82. The van der Waals surface area contributed by atoms with Crippen molar-refractivity contribution in [1.29, 1.82) is 0 Å². The highest BCUT2D eigenvalue weighted by Crippen LogP contribution is 2.20. The van der Waals surface area contributed by atoms with Crippen molar-refractivity contribution < 1.29 is 13.9 Å². The maximum Gasteiger partial charge on any atom is 0.254 e. The lowest BCUT2D eigenvalue weighted by molar-refractivity contribution is 0.0951. The lowest BCUT2D eigenvalue weighted by Gasteiger charge is -2.08. The quantitative estimate of drug-likeness (QED) is 0.528. The second kappa shape index (κ2) is 7.86. The Morgan fingerprint density at radius 1 is 1.10 bits per heavy atom. The van der Waals surface area contributed by atoms with Crippen LogP contribution in [0.5, 0.6) is 5.75 Å². The molecule has 4 aromatic rings. The van der Waals surface area contributed by atoms with Gasteiger partial charge in [0.2, 0.25) is 0 Å². The fraction of sp³-hybridized carbons (Fsp3) is 0.190. The summed E-state index contributed by atoms with van der Waals surface area (Å²) in [7, 11) is 1.60. The standard InChI is InChI=1S/C21H19FN6O2/c1-11-12(2)25-19-16(8-14(22)9-17(19)24-11)21(29)23-10-18-26-20(28-27-18)13-4-6-15(30-3)7-5-13/h4-9H,10H2,1-3H3,(H,23,29)(H,26,27,28). The topological polar surface area (TPSA) is 106 Å². The maximum atomic E-state index is 14.0. The largest absolute Gasteiger partial charge is 0.497 e. The van der Waals surface area contributed by atoms with Crippen molar-refractivity contribution in [1.82, 2.24) is 30.5 Å². The number of benzene rings is 2. The first kappa shape index (κ1) is 19.4. The molecule has 0 fully saturated rings. The third-order valence-electron chi connectivity index (χ3n) is 4.69. The number of H-pyrrole nitrogens is 1. The Bertz CT molecular complexity index is 1240. The molecular weight excluding hydrogens is 387 g/mol. The summed E-state index contributed by atoms with van der Waals surface area (Å²) in [5, 5.41) is 9.69. The molecule has 0 spiro atoms. The van der Waals surface area contributed by atoms with Gasteiger partial charge in [-0.1, -0.05) is 0 Å². The van der Waals surface area contributed by atoms with E-state index in [1.165, 1.54) is 6.07 Å². The number of ether oxygens (including phenoxy) is 1. The number of hydrogen-bond donors (Lipinski definition) is 2. The lowest BCUT2D eigenvalue weighted by atomic mass is 10.1. The Labute approximate surface area is 171 Å². The van der Waals surface area contributed by atoms with Crippen LogP contribution in [0, 0.1) is 19.7 Å². The fourth-order valence-electron chi connectivity index (χ4n) is 2.97. The van der Waals surface area contributed by atoms with Crippen molar-refractivity contribution in [3.8, 4) is 17.1 Å². The molecule has 1 amide bonds. The van der Waals surface area contributed by atoms with Crippen LogP contribution in [0.25, 0.3) is 22.4 Å². The number of carbonyl (C=O) groups is 1. The molecule has 0 bridgehead atoms. The molecule has 2 aromatic heterocycles. The number of hydrogen-bond acceptors (Lipinski definition) is 6. The first-order valence-corrected chi connectivity index (χ1v) is 9.23. The highest BCUT2D eigenvalue weighted by molar-refractivity contribution is 6.04. The summed E-state index contributed by atoms with van der Waals surface area (Å²) in [6.07, 6.45) is 0. The molecule has 0 aliphatic carbocycles. The Hall–Kier alpha value is -3.88. The van der Waals surface area contributed by atoms with E-state index >= 15 is 0 Å². The summed E-state index contributed by atoms with van der Waals surface area (Å²) in [5.41, 5.74) is 2.99. The van der Waals surface area contributed by atoms with Gasteiger partial charge in [-0.25, -0.2) is 19.3 Å². The average Bonchev–Trinajstić information content (AvgIpc) is 3.22. The van der Waals surface area contributed by atoms with Crippen molar-refractivity contribution in [2.45, 2.75) is 20.4 Å². The molecule has 2 N–H and O–H groups in total. The molecule has 8 nitrogen and oxygen atoms in total. The predicted molar refractivity (Wildman–Crippen MR) is 109 cm³/mol. The van der Waals surface area contributed by atoms with E-state index in [0.29, 0.717) is 34.1 Å². The number of aromatic nitrogens is 5. The van der Waals surface area contributed by atoms with E-state index in [1.807, 2.05) is 24.3 Å². The average molecular weight is 406 g/mol. The number of nitrogens with zero attached hydrogens (tertiary/aromatic N) is 4. The lowest BCUT2D eigenvalue weighted by Crippen LogP contribution is -2.24. The van der Waals surface area contributed by atoms with Crippen LogP contribution >= 0.6 is 0 Å². The zero-order valence-electron chi connectivity index (χ0n) is 16.7.